The van der Waals surface area contributed by atoms with Crippen molar-refractivity contribution < 1.29 is 37.6 Å². The van der Waals surface area contributed by atoms with E-state index in [-0.39, 0.29) is 11.5 Å². The van der Waals surface area contributed by atoms with Gasteiger partial charge in [0.25, 0.3) is 0 Å². The third-order valence-electron chi connectivity index (χ3n) is 4.55. The Bertz CT molecular complexity index is 719. The summed E-state index contributed by atoms with van der Waals surface area (Å²) in [6, 6.07) is 6.03. The quantitative estimate of drug-likeness (QED) is 0.760. The van der Waals surface area contributed by atoms with Gasteiger partial charge in [0.2, 0.25) is 9.84 Å². The van der Waals surface area contributed by atoms with Gasteiger partial charge in [0.1, 0.15) is 24.4 Å². The van der Waals surface area contributed by atoms with Crippen LogP contribution in [-0.2, 0) is 28.8 Å². The highest BCUT2D eigenvalue weighted by Gasteiger charge is 2.49. The Labute approximate surface area is 152 Å². The number of aliphatic hydroxyl groups excluding tert-OH is 2. The molecule has 0 aliphatic carbocycles. The third kappa shape index (κ3) is 3.79. The molecule has 3 unspecified atom stereocenters. The lowest BCUT2D eigenvalue weighted by Gasteiger charge is -2.46. The summed E-state index contributed by atoms with van der Waals surface area (Å²) in [5, 5.41) is 21.0. The molecule has 1 aromatic rings. The van der Waals surface area contributed by atoms with Crippen LogP contribution in [0.2, 0.25) is 0 Å². The van der Waals surface area contributed by atoms with E-state index in [4.69, 9.17) is 18.9 Å². The van der Waals surface area contributed by atoms with Crippen LogP contribution in [0.3, 0.4) is 0 Å². The molecule has 9 heteroatoms. The molecule has 3 rings (SSSR count). The van der Waals surface area contributed by atoms with E-state index in [0.29, 0.717) is 0 Å². The van der Waals surface area contributed by atoms with Gasteiger partial charge in [-0.25, -0.2) is 8.42 Å². The van der Waals surface area contributed by atoms with Crippen LogP contribution in [0.4, 0.5) is 0 Å². The van der Waals surface area contributed by atoms with Crippen molar-refractivity contribution in [2.24, 2.45) is 0 Å². The van der Waals surface area contributed by atoms with Crippen molar-refractivity contribution in [3.63, 3.8) is 0 Å². The summed E-state index contributed by atoms with van der Waals surface area (Å²) in [6.45, 7) is 5.35. The highest BCUT2D eigenvalue weighted by atomic mass is 32.2. The number of hydrogen-bond acceptors (Lipinski definition) is 8. The van der Waals surface area contributed by atoms with Crippen LogP contribution in [0.1, 0.15) is 19.4 Å². The van der Waals surface area contributed by atoms with Crippen LogP contribution in [0.15, 0.2) is 29.2 Å². The average Bonchev–Trinajstić information content (AvgIpc) is 2.60. The number of ether oxygens (including phenoxy) is 4. The van der Waals surface area contributed by atoms with Gasteiger partial charge in [-0.05, 0) is 32.9 Å². The predicted molar refractivity (Wildman–Crippen MR) is 89.9 cm³/mol. The Hall–Kier alpha value is -1.07. The first-order valence-corrected chi connectivity index (χ1v) is 9.99. The van der Waals surface area contributed by atoms with Crippen molar-refractivity contribution in [2.45, 2.75) is 68.1 Å². The monoisotopic (exact) mass is 388 g/mol. The van der Waals surface area contributed by atoms with Crippen LogP contribution in [0.25, 0.3) is 0 Å². The van der Waals surface area contributed by atoms with Gasteiger partial charge in [0.05, 0.1) is 11.5 Å². The molecule has 7 atom stereocenters. The lowest BCUT2D eigenvalue weighted by Crippen LogP contribution is -2.62. The fourth-order valence-electron chi connectivity index (χ4n) is 3.14. The summed E-state index contributed by atoms with van der Waals surface area (Å²) >= 11 is 0. The van der Waals surface area contributed by atoms with E-state index in [1.54, 1.807) is 26.0 Å². The van der Waals surface area contributed by atoms with Gasteiger partial charge in [-0.2, -0.15) is 0 Å². The number of aliphatic hydroxyl groups is 2. The highest BCUT2D eigenvalue weighted by Crippen LogP contribution is 2.31. The van der Waals surface area contributed by atoms with Crippen LogP contribution in [0, 0.1) is 6.92 Å². The number of hydrogen-bond donors (Lipinski definition) is 2. The van der Waals surface area contributed by atoms with Crippen molar-refractivity contribution in [3.8, 4) is 0 Å². The van der Waals surface area contributed by atoms with Crippen molar-refractivity contribution in [1.82, 2.24) is 0 Å². The second kappa shape index (κ2) is 7.51. The molecule has 0 amide bonds. The Morgan fingerprint density at radius 1 is 1.04 bits per heavy atom. The molecular weight excluding hydrogens is 364 g/mol. The highest BCUT2D eigenvalue weighted by molar-refractivity contribution is 7.92. The van der Waals surface area contributed by atoms with E-state index in [0.717, 1.165) is 5.56 Å². The van der Waals surface area contributed by atoms with Gasteiger partial charge in [-0.3, -0.25) is 0 Å². The summed E-state index contributed by atoms with van der Waals surface area (Å²) in [5.74, 6) is 0. The Kier molecular flexibility index (Phi) is 5.69. The Balaban J connectivity index is 1.83. The molecule has 2 aliphatic heterocycles. The molecule has 2 heterocycles. The molecule has 0 saturated carbocycles. The second-order valence-electron chi connectivity index (χ2n) is 6.58. The largest absolute Gasteiger partial charge is 0.386 e. The topological polar surface area (TPSA) is 112 Å². The molecule has 0 spiro atoms. The number of fused-ring (bicyclic) bond motifs is 1. The van der Waals surface area contributed by atoms with Gasteiger partial charge < -0.3 is 29.2 Å². The molecule has 8 nitrogen and oxygen atoms in total. The Morgan fingerprint density at radius 2 is 1.69 bits per heavy atom. The number of rotatable bonds is 4. The van der Waals surface area contributed by atoms with Crippen LogP contribution >= 0.6 is 0 Å². The molecule has 146 valence electrons. The first-order valence-electron chi connectivity index (χ1n) is 8.45. The second-order valence-corrected chi connectivity index (χ2v) is 8.63. The fourth-order valence-corrected chi connectivity index (χ4v) is 4.46. The van der Waals surface area contributed by atoms with Crippen molar-refractivity contribution in [2.75, 3.05) is 6.61 Å². The van der Waals surface area contributed by atoms with E-state index >= 15 is 0 Å². The van der Waals surface area contributed by atoms with Crippen molar-refractivity contribution in [1.29, 1.82) is 0 Å². The molecule has 2 fully saturated rings. The lowest BCUT2D eigenvalue weighted by atomic mass is 10.0. The summed E-state index contributed by atoms with van der Waals surface area (Å²) in [5.41, 5.74) is -1.18. The smallest absolute Gasteiger partial charge is 0.207 e. The van der Waals surface area contributed by atoms with E-state index in [1.807, 2.05) is 6.92 Å². The first kappa shape index (κ1) is 19.7. The van der Waals surface area contributed by atoms with Crippen molar-refractivity contribution >= 4 is 9.84 Å². The number of aryl methyl sites for hydroxylation is 1. The summed E-state index contributed by atoms with van der Waals surface area (Å²) in [7, 11) is -4.18. The van der Waals surface area contributed by atoms with Gasteiger partial charge in [0.15, 0.2) is 18.0 Å². The number of benzene rings is 1. The maximum atomic E-state index is 12.7. The third-order valence-corrected chi connectivity index (χ3v) is 6.39. The number of sulfone groups is 1. The molecule has 1 aromatic carbocycles. The molecule has 2 aliphatic rings. The Morgan fingerprint density at radius 3 is 2.35 bits per heavy atom. The SMILES string of the molecule is Cc1ccc(S(=O)(=O)C(O)[C@H](O)[C@H]2OC(C)O[C@@H]3COC(C)O[C@@H]23)cc1. The minimum atomic E-state index is -4.18. The predicted octanol–water partition coefficient (Wildman–Crippen LogP) is 0.339. The minimum absolute atomic E-state index is 0.0763. The molecule has 2 N–H and O–H groups in total. The van der Waals surface area contributed by atoms with Gasteiger partial charge in [-0.15, -0.1) is 0 Å². The summed E-state index contributed by atoms with van der Waals surface area (Å²) in [4.78, 5) is -0.0763. The molecule has 2 saturated heterocycles. The average molecular weight is 388 g/mol. The van der Waals surface area contributed by atoms with Gasteiger partial charge >= 0.3 is 0 Å². The normalized spacial score (nSPS) is 34.7. The fraction of sp³-hybridized carbons (Fsp3) is 0.647. The van der Waals surface area contributed by atoms with E-state index in [9.17, 15) is 18.6 Å². The standard InChI is InChI=1S/C17H24O8S/c1-9-4-6-12(7-5-9)26(20,21)17(19)14(18)16-15-13(23-11(3)25-16)8-22-10(2)24-15/h4-7,10-11,13-19H,8H2,1-3H3/t10?,11?,13-,14-,15-,16-,17?/m1/s1. The van der Waals surface area contributed by atoms with Crippen LogP contribution < -0.4 is 0 Å². The maximum Gasteiger partial charge on any atom is 0.207 e. The van der Waals surface area contributed by atoms with E-state index < -0.39 is 52.3 Å². The molecule has 0 aromatic heterocycles. The van der Waals surface area contributed by atoms with Gasteiger partial charge in [0, 0.05) is 0 Å². The zero-order valence-corrected chi connectivity index (χ0v) is 15.6. The van der Waals surface area contributed by atoms with Crippen molar-refractivity contribution in [3.05, 3.63) is 29.8 Å². The maximum absolute atomic E-state index is 12.7. The van der Waals surface area contributed by atoms with Gasteiger partial charge in [-0.1, -0.05) is 17.7 Å². The summed E-state index contributed by atoms with van der Waals surface area (Å²) in [6.07, 6.45) is -5.34. The van der Waals surface area contributed by atoms with E-state index in [2.05, 4.69) is 0 Å². The lowest BCUT2D eigenvalue weighted by molar-refractivity contribution is -0.362. The zero-order chi connectivity index (χ0) is 19.1. The zero-order valence-electron chi connectivity index (χ0n) is 14.8. The first-order chi connectivity index (χ1) is 12.2. The molecule has 26 heavy (non-hydrogen) atoms. The van der Waals surface area contributed by atoms with Crippen LogP contribution in [0.5, 0.6) is 0 Å². The summed E-state index contributed by atoms with van der Waals surface area (Å²) < 4.78 is 47.5. The van der Waals surface area contributed by atoms with E-state index in [1.165, 1.54) is 12.1 Å². The molecular formula is C17H24O8S. The van der Waals surface area contributed by atoms with Crippen LogP contribution in [-0.4, -0.2) is 67.7 Å². The molecule has 0 bridgehead atoms. The molecule has 0 radical (unpaired) electrons. The minimum Gasteiger partial charge on any atom is -0.386 e.